The van der Waals surface area contributed by atoms with Gasteiger partial charge in [0.15, 0.2) is 0 Å². The molecule has 104 valence electrons. The summed E-state index contributed by atoms with van der Waals surface area (Å²) in [7, 11) is 0. The molecule has 0 heterocycles. The zero-order valence-corrected chi connectivity index (χ0v) is 11.9. The molecule has 1 aliphatic carbocycles. The zero-order valence-electron chi connectivity index (χ0n) is 11.9. The van der Waals surface area contributed by atoms with Crippen LogP contribution in [0.2, 0.25) is 0 Å². The largest absolute Gasteiger partial charge is 0.300 e. The molecule has 0 amide bonds. The van der Waals surface area contributed by atoms with Crippen LogP contribution in [-0.2, 0) is 6.42 Å². The van der Waals surface area contributed by atoms with Crippen molar-refractivity contribution in [1.29, 1.82) is 5.41 Å². The normalized spacial score (nSPS) is 21.6. The third kappa shape index (κ3) is 3.13. The molecule has 0 saturated heterocycles. The third-order valence-electron chi connectivity index (χ3n) is 3.65. The molecule has 20 heavy (non-hydrogen) atoms. The fourth-order valence-electron chi connectivity index (χ4n) is 2.49. The van der Waals surface area contributed by atoms with Crippen molar-refractivity contribution in [3.63, 3.8) is 0 Å². The van der Waals surface area contributed by atoms with E-state index in [1.807, 2.05) is 24.3 Å². The molecular formula is C18H20FN. The van der Waals surface area contributed by atoms with E-state index in [1.54, 1.807) is 24.3 Å². The van der Waals surface area contributed by atoms with Crippen LogP contribution in [0.25, 0.3) is 0 Å². The maximum Gasteiger partial charge on any atom is 0.128 e. The maximum atomic E-state index is 13.7. The summed E-state index contributed by atoms with van der Waals surface area (Å²) in [4.78, 5) is 0. The Morgan fingerprint density at radius 1 is 1.30 bits per heavy atom. The standard InChI is InChI=1S/C18H20FN/c1-3-15-13(2)7-6-9-16(15)18(20)12-11-14-8-4-5-10-17(14)19/h4-12,14,17,20H,3H2,1-2H3/b12-11+,20-18?. The summed E-state index contributed by atoms with van der Waals surface area (Å²) >= 11 is 0. The van der Waals surface area contributed by atoms with E-state index in [2.05, 4.69) is 19.9 Å². The van der Waals surface area contributed by atoms with Gasteiger partial charge in [0.05, 0.1) is 5.71 Å². The van der Waals surface area contributed by atoms with Crippen LogP contribution in [0, 0.1) is 18.3 Å². The summed E-state index contributed by atoms with van der Waals surface area (Å²) in [5.74, 6) is -0.268. The summed E-state index contributed by atoms with van der Waals surface area (Å²) in [5, 5.41) is 8.20. The second kappa shape index (κ2) is 6.47. The van der Waals surface area contributed by atoms with Crippen LogP contribution in [-0.4, -0.2) is 11.9 Å². The topological polar surface area (TPSA) is 23.9 Å². The molecule has 0 spiro atoms. The van der Waals surface area contributed by atoms with Crippen LogP contribution in [0.5, 0.6) is 0 Å². The number of rotatable bonds is 4. The van der Waals surface area contributed by atoms with Crippen molar-refractivity contribution in [2.75, 3.05) is 0 Å². The smallest absolute Gasteiger partial charge is 0.128 e. The Morgan fingerprint density at radius 3 is 2.75 bits per heavy atom. The van der Waals surface area contributed by atoms with Crippen LogP contribution in [0.1, 0.15) is 23.6 Å². The van der Waals surface area contributed by atoms with Crippen LogP contribution in [0.15, 0.2) is 54.7 Å². The van der Waals surface area contributed by atoms with E-state index in [1.165, 1.54) is 11.1 Å². The fraction of sp³-hybridized carbons (Fsp3) is 0.278. The molecule has 2 unspecified atom stereocenters. The van der Waals surface area contributed by atoms with Crippen molar-refractivity contribution >= 4 is 5.71 Å². The number of halogens is 1. The first-order valence-electron chi connectivity index (χ1n) is 6.98. The van der Waals surface area contributed by atoms with Gasteiger partial charge < -0.3 is 5.41 Å². The van der Waals surface area contributed by atoms with Crippen molar-refractivity contribution in [2.45, 2.75) is 26.4 Å². The first-order valence-corrected chi connectivity index (χ1v) is 6.98. The highest BCUT2D eigenvalue weighted by Crippen LogP contribution is 2.19. The summed E-state index contributed by atoms with van der Waals surface area (Å²) < 4.78 is 13.7. The van der Waals surface area contributed by atoms with Crippen LogP contribution in [0.3, 0.4) is 0 Å². The number of hydrogen-bond donors (Lipinski definition) is 1. The van der Waals surface area contributed by atoms with Gasteiger partial charge in [0.2, 0.25) is 0 Å². The molecule has 1 aliphatic rings. The van der Waals surface area contributed by atoms with E-state index >= 15 is 0 Å². The Hall–Kier alpha value is -1.96. The predicted molar refractivity (Wildman–Crippen MR) is 83.2 cm³/mol. The Kier molecular flexibility index (Phi) is 4.67. The quantitative estimate of drug-likeness (QED) is 0.775. The minimum Gasteiger partial charge on any atom is -0.300 e. The van der Waals surface area contributed by atoms with Gasteiger partial charge in [-0.2, -0.15) is 0 Å². The first kappa shape index (κ1) is 14.4. The second-order valence-corrected chi connectivity index (χ2v) is 5.02. The van der Waals surface area contributed by atoms with E-state index in [0.29, 0.717) is 5.71 Å². The number of aryl methyl sites for hydroxylation is 1. The van der Waals surface area contributed by atoms with Gasteiger partial charge in [0, 0.05) is 11.5 Å². The first-order chi connectivity index (χ1) is 9.63. The lowest BCUT2D eigenvalue weighted by atomic mass is 9.94. The van der Waals surface area contributed by atoms with Crippen molar-refractivity contribution in [3.05, 3.63) is 71.3 Å². The highest BCUT2D eigenvalue weighted by Gasteiger charge is 2.14. The van der Waals surface area contributed by atoms with Crippen LogP contribution in [0.4, 0.5) is 4.39 Å². The van der Waals surface area contributed by atoms with Crippen molar-refractivity contribution in [2.24, 2.45) is 5.92 Å². The third-order valence-corrected chi connectivity index (χ3v) is 3.65. The van der Waals surface area contributed by atoms with E-state index in [4.69, 9.17) is 5.41 Å². The Balaban J connectivity index is 2.18. The average molecular weight is 269 g/mol. The SMILES string of the molecule is CCc1c(C)cccc1C(=N)/C=C/C1C=CC=CC1F. The molecule has 0 aromatic heterocycles. The molecule has 0 saturated carbocycles. The second-order valence-electron chi connectivity index (χ2n) is 5.02. The molecule has 0 radical (unpaired) electrons. The summed E-state index contributed by atoms with van der Waals surface area (Å²) in [6.45, 7) is 4.15. The van der Waals surface area contributed by atoms with Crippen LogP contribution >= 0.6 is 0 Å². The highest BCUT2D eigenvalue weighted by atomic mass is 19.1. The number of allylic oxidation sites excluding steroid dienone is 6. The molecular weight excluding hydrogens is 249 g/mol. The van der Waals surface area contributed by atoms with Crippen LogP contribution < -0.4 is 0 Å². The van der Waals surface area contributed by atoms with E-state index < -0.39 is 6.17 Å². The minimum atomic E-state index is -0.993. The minimum absolute atomic E-state index is 0.268. The lowest BCUT2D eigenvalue weighted by Crippen LogP contribution is -2.11. The molecule has 0 aliphatic heterocycles. The number of alkyl halides is 1. The monoisotopic (exact) mass is 269 g/mol. The lowest BCUT2D eigenvalue weighted by molar-refractivity contribution is 0.354. The molecule has 1 nitrogen and oxygen atoms in total. The van der Waals surface area contributed by atoms with Crippen molar-refractivity contribution in [3.8, 4) is 0 Å². The molecule has 2 heteroatoms. The summed E-state index contributed by atoms with van der Waals surface area (Å²) in [6, 6.07) is 5.99. The number of nitrogens with one attached hydrogen (secondary N) is 1. The van der Waals surface area contributed by atoms with Crippen molar-refractivity contribution < 1.29 is 4.39 Å². The zero-order chi connectivity index (χ0) is 14.5. The van der Waals surface area contributed by atoms with Gasteiger partial charge in [-0.1, -0.05) is 49.4 Å². The number of hydrogen-bond acceptors (Lipinski definition) is 1. The van der Waals surface area contributed by atoms with Gasteiger partial charge in [-0.05, 0) is 36.6 Å². The van der Waals surface area contributed by atoms with Gasteiger partial charge in [-0.15, -0.1) is 0 Å². The van der Waals surface area contributed by atoms with Gasteiger partial charge in [-0.3, -0.25) is 0 Å². The lowest BCUT2D eigenvalue weighted by Gasteiger charge is -2.14. The molecule has 1 aromatic rings. The maximum absolute atomic E-state index is 13.7. The molecule has 2 rings (SSSR count). The molecule has 0 fully saturated rings. The van der Waals surface area contributed by atoms with Gasteiger partial charge in [0.25, 0.3) is 0 Å². The van der Waals surface area contributed by atoms with Gasteiger partial charge in [-0.25, -0.2) is 4.39 Å². The van der Waals surface area contributed by atoms with E-state index in [9.17, 15) is 4.39 Å². The number of benzene rings is 1. The highest BCUT2D eigenvalue weighted by molar-refractivity contribution is 6.07. The fourth-order valence-corrected chi connectivity index (χ4v) is 2.49. The van der Waals surface area contributed by atoms with E-state index in [0.717, 1.165) is 12.0 Å². The van der Waals surface area contributed by atoms with E-state index in [-0.39, 0.29) is 5.92 Å². The predicted octanol–water partition coefficient (Wildman–Crippen LogP) is 4.56. The Labute approximate surface area is 120 Å². The Bertz CT molecular complexity index is 581. The van der Waals surface area contributed by atoms with Crippen molar-refractivity contribution in [1.82, 2.24) is 0 Å². The summed E-state index contributed by atoms with van der Waals surface area (Å²) in [6.07, 6.45) is 10.3. The molecule has 1 N–H and O–H groups in total. The Morgan fingerprint density at radius 2 is 2.05 bits per heavy atom. The van der Waals surface area contributed by atoms with Gasteiger partial charge >= 0.3 is 0 Å². The van der Waals surface area contributed by atoms with Gasteiger partial charge in [0.1, 0.15) is 6.17 Å². The molecule has 0 bridgehead atoms. The molecule has 1 aromatic carbocycles. The summed E-state index contributed by atoms with van der Waals surface area (Å²) in [5.41, 5.74) is 3.78. The molecule has 2 atom stereocenters. The average Bonchev–Trinajstić information content (AvgIpc) is 2.46.